The molecule has 3 unspecified atom stereocenters. The van der Waals surface area contributed by atoms with E-state index in [0.717, 1.165) is 18.5 Å². The third-order valence-electron chi connectivity index (χ3n) is 4.74. The van der Waals surface area contributed by atoms with Crippen LogP contribution < -0.4 is 5.32 Å². The van der Waals surface area contributed by atoms with Crippen molar-refractivity contribution in [3.8, 4) is 0 Å². The summed E-state index contributed by atoms with van der Waals surface area (Å²) < 4.78 is 0. The van der Waals surface area contributed by atoms with Gasteiger partial charge in [0.25, 0.3) is 0 Å². The van der Waals surface area contributed by atoms with Crippen molar-refractivity contribution < 1.29 is 0 Å². The molecule has 1 saturated carbocycles. The molecule has 1 heteroatoms. The van der Waals surface area contributed by atoms with Crippen LogP contribution in [0.2, 0.25) is 0 Å². The van der Waals surface area contributed by atoms with Gasteiger partial charge in [0.05, 0.1) is 0 Å². The van der Waals surface area contributed by atoms with E-state index in [1.54, 1.807) is 0 Å². The molecule has 1 aliphatic rings. The second kappa shape index (κ2) is 7.69. The summed E-state index contributed by atoms with van der Waals surface area (Å²) in [5.74, 6) is 1.64. The topological polar surface area (TPSA) is 12.0 Å². The standard InChI is InChI=1S/C18H29N/c1-3-16-8-7-11-18(14-16)19-13-12-15(2)17-9-5-4-6-10-17/h4-6,9-10,15-16,18-19H,3,7-8,11-14H2,1-2H3. The molecule has 0 spiro atoms. The zero-order valence-electron chi connectivity index (χ0n) is 12.6. The normalized spacial score (nSPS) is 25.2. The molecule has 0 aromatic heterocycles. The second-order valence-electron chi connectivity index (χ2n) is 6.19. The third kappa shape index (κ3) is 4.65. The van der Waals surface area contributed by atoms with Gasteiger partial charge in [-0.2, -0.15) is 0 Å². The van der Waals surface area contributed by atoms with Gasteiger partial charge in [0, 0.05) is 6.04 Å². The molecular formula is C18H29N. The molecule has 0 amide bonds. The van der Waals surface area contributed by atoms with Crippen molar-refractivity contribution in [2.24, 2.45) is 5.92 Å². The predicted octanol–water partition coefficient (Wildman–Crippen LogP) is 4.74. The molecule has 3 atom stereocenters. The quantitative estimate of drug-likeness (QED) is 0.778. The number of hydrogen-bond donors (Lipinski definition) is 1. The Kier molecular flexibility index (Phi) is 5.91. The van der Waals surface area contributed by atoms with E-state index < -0.39 is 0 Å². The Labute approximate surface area is 118 Å². The Morgan fingerprint density at radius 2 is 2.00 bits per heavy atom. The molecule has 0 aliphatic heterocycles. The largest absolute Gasteiger partial charge is 0.314 e. The molecule has 106 valence electrons. The third-order valence-corrected chi connectivity index (χ3v) is 4.74. The van der Waals surface area contributed by atoms with E-state index in [2.05, 4.69) is 49.5 Å². The molecule has 0 saturated heterocycles. The van der Waals surface area contributed by atoms with Gasteiger partial charge in [-0.05, 0) is 43.2 Å². The maximum atomic E-state index is 3.79. The van der Waals surface area contributed by atoms with Gasteiger partial charge in [0.2, 0.25) is 0 Å². The summed E-state index contributed by atoms with van der Waals surface area (Å²) in [6.45, 7) is 5.84. The SMILES string of the molecule is CCC1CCCC(NCCC(C)c2ccccc2)C1. The number of benzene rings is 1. The molecule has 1 aliphatic carbocycles. The van der Waals surface area contributed by atoms with E-state index in [9.17, 15) is 0 Å². The van der Waals surface area contributed by atoms with Crippen LogP contribution >= 0.6 is 0 Å². The van der Waals surface area contributed by atoms with Crippen LogP contribution in [0.4, 0.5) is 0 Å². The van der Waals surface area contributed by atoms with Crippen molar-refractivity contribution in [1.82, 2.24) is 5.32 Å². The Bertz CT molecular complexity index is 346. The maximum absolute atomic E-state index is 3.79. The van der Waals surface area contributed by atoms with Crippen LogP contribution in [0.3, 0.4) is 0 Å². The summed E-state index contributed by atoms with van der Waals surface area (Å²) in [7, 11) is 0. The molecule has 1 nitrogen and oxygen atoms in total. The monoisotopic (exact) mass is 259 g/mol. The van der Waals surface area contributed by atoms with E-state index in [4.69, 9.17) is 0 Å². The van der Waals surface area contributed by atoms with Crippen LogP contribution in [0.1, 0.15) is 63.9 Å². The summed E-state index contributed by atoms with van der Waals surface area (Å²) in [5.41, 5.74) is 1.47. The Balaban J connectivity index is 1.69. The molecule has 0 radical (unpaired) electrons. The fourth-order valence-electron chi connectivity index (χ4n) is 3.30. The lowest BCUT2D eigenvalue weighted by Crippen LogP contribution is -2.35. The van der Waals surface area contributed by atoms with Crippen LogP contribution in [0.5, 0.6) is 0 Å². The Morgan fingerprint density at radius 3 is 2.74 bits per heavy atom. The Morgan fingerprint density at radius 1 is 1.21 bits per heavy atom. The van der Waals surface area contributed by atoms with E-state index in [1.807, 2.05) is 0 Å². The summed E-state index contributed by atoms with van der Waals surface area (Å²) in [4.78, 5) is 0. The minimum Gasteiger partial charge on any atom is -0.314 e. The van der Waals surface area contributed by atoms with E-state index >= 15 is 0 Å². The zero-order chi connectivity index (χ0) is 13.5. The second-order valence-corrected chi connectivity index (χ2v) is 6.19. The summed E-state index contributed by atoms with van der Waals surface area (Å²) in [6, 6.07) is 11.7. The first-order chi connectivity index (χ1) is 9.29. The predicted molar refractivity (Wildman–Crippen MR) is 83.5 cm³/mol. The van der Waals surface area contributed by atoms with Crippen LogP contribution in [-0.4, -0.2) is 12.6 Å². The lowest BCUT2D eigenvalue weighted by atomic mass is 9.84. The molecule has 1 N–H and O–H groups in total. The van der Waals surface area contributed by atoms with Gasteiger partial charge >= 0.3 is 0 Å². The van der Waals surface area contributed by atoms with E-state index in [0.29, 0.717) is 5.92 Å². The van der Waals surface area contributed by atoms with Crippen LogP contribution in [0, 0.1) is 5.92 Å². The van der Waals surface area contributed by atoms with Gasteiger partial charge in [-0.25, -0.2) is 0 Å². The maximum Gasteiger partial charge on any atom is 0.00697 e. The minimum absolute atomic E-state index is 0.666. The highest BCUT2D eigenvalue weighted by atomic mass is 14.9. The van der Waals surface area contributed by atoms with Crippen LogP contribution in [-0.2, 0) is 0 Å². The molecular weight excluding hydrogens is 230 g/mol. The molecule has 0 bridgehead atoms. The fourth-order valence-corrected chi connectivity index (χ4v) is 3.30. The number of rotatable bonds is 6. The number of nitrogens with one attached hydrogen (secondary N) is 1. The zero-order valence-corrected chi connectivity index (χ0v) is 12.6. The lowest BCUT2D eigenvalue weighted by Gasteiger charge is -2.29. The average molecular weight is 259 g/mol. The van der Waals surface area contributed by atoms with Gasteiger partial charge in [0.15, 0.2) is 0 Å². The van der Waals surface area contributed by atoms with Crippen molar-refractivity contribution in [3.05, 3.63) is 35.9 Å². The van der Waals surface area contributed by atoms with Crippen molar-refractivity contribution in [2.75, 3.05) is 6.54 Å². The van der Waals surface area contributed by atoms with Crippen molar-refractivity contribution in [3.63, 3.8) is 0 Å². The van der Waals surface area contributed by atoms with E-state index in [1.165, 1.54) is 44.1 Å². The molecule has 19 heavy (non-hydrogen) atoms. The molecule has 1 aromatic carbocycles. The summed E-state index contributed by atoms with van der Waals surface area (Å²) in [5, 5.41) is 3.79. The molecule has 1 aromatic rings. The van der Waals surface area contributed by atoms with Gasteiger partial charge < -0.3 is 5.32 Å². The lowest BCUT2D eigenvalue weighted by molar-refractivity contribution is 0.278. The fraction of sp³-hybridized carbons (Fsp3) is 0.667. The first-order valence-corrected chi connectivity index (χ1v) is 8.08. The van der Waals surface area contributed by atoms with Crippen LogP contribution in [0.25, 0.3) is 0 Å². The van der Waals surface area contributed by atoms with Gasteiger partial charge in [-0.3, -0.25) is 0 Å². The Hall–Kier alpha value is -0.820. The average Bonchev–Trinajstić information content (AvgIpc) is 2.48. The molecule has 1 fully saturated rings. The molecule has 0 heterocycles. The van der Waals surface area contributed by atoms with Crippen molar-refractivity contribution in [1.29, 1.82) is 0 Å². The smallest absolute Gasteiger partial charge is 0.00697 e. The summed E-state index contributed by atoms with van der Waals surface area (Å²) in [6.07, 6.45) is 8.27. The minimum atomic E-state index is 0.666. The first kappa shape index (κ1) is 14.6. The summed E-state index contributed by atoms with van der Waals surface area (Å²) >= 11 is 0. The highest BCUT2D eigenvalue weighted by molar-refractivity contribution is 5.18. The molecule has 2 rings (SSSR count). The van der Waals surface area contributed by atoms with Gasteiger partial charge in [-0.15, -0.1) is 0 Å². The first-order valence-electron chi connectivity index (χ1n) is 8.08. The van der Waals surface area contributed by atoms with Crippen molar-refractivity contribution >= 4 is 0 Å². The highest BCUT2D eigenvalue weighted by Gasteiger charge is 2.20. The van der Waals surface area contributed by atoms with Gasteiger partial charge in [0.1, 0.15) is 0 Å². The van der Waals surface area contributed by atoms with Crippen molar-refractivity contribution in [2.45, 2.75) is 64.3 Å². The number of hydrogen-bond acceptors (Lipinski definition) is 1. The van der Waals surface area contributed by atoms with E-state index in [-0.39, 0.29) is 0 Å². The van der Waals surface area contributed by atoms with Crippen LogP contribution in [0.15, 0.2) is 30.3 Å². The highest BCUT2D eigenvalue weighted by Crippen LogP contribution is 2.26. The van der Waals surface area contributed by atoms with Gasteiger partial charge in [-0.1, -0.05) is 63.4 Å².